The number of benzene rings is 1. The van der Waals surface area contributed by atoms with Crippen LogP contribution in [0.2, 0.25) is 5.02 Å². The number of rotatable bonds is 3. The Morgan fingerprint density at radius 3 is 2.89 bits per heavy atom. The zero-order valence-corrected chi connectivity index (χ0v) is 14.4. The van der Waals surface area contributed by atoms with E-state index < -0.39 is 10.0 Å². The van der Waals surface area contributed by atoms with Gasteiger partial charge in [0.1, 0.15) is 4.90 Å². The Bertz CT molecular complexity index is 565. The third-order valence-electron chi connectivity index (χ3n) is 3.07. The Morgan fingerprint density at radius 1 is 1.53 bits per heavy atom. The fourth-order valence-corrected chi connectivity index (χ4v) is 5.87. The van der Waals surface area contributed by atoms with Gasteiger partial charge in [-0.15, -0.1) is 0 Å². The Labute approximate surface area is 131 Å². The lowest BCUT2D eigenvalue weighted by molar-refractivity contribution is 0.416. The second-order valence-electron chi connectivity index (χ2n) is 4.34. The Balaban J connectivity index is 2.31. The molecule has 1 aromatic rings. The summed E-state index contributed by atoms with van der Waals surface area (Å²) in [6, 6.07) is 4.88. The molecule has 1 heterocycles. The summed E-state index contributed by atoms with van der Waals surface area (Å²) in [7, 11) is -3.49. The highest BCUT2D eigenvalue weighted by atomic mass is 79.9. The molecule has 0 spiro atoms. The zero-order valence-electron chi connectivity index (χ0n) is 10.5. The van der Waals surface area contributed by atoms with E-state index in [1.54, 1.807) is 22.5 Å². The molecule has 0 amide bonds. The molecular weight excluding hydrogens is 370 g/mol. The minimum Gasteiger partial charge on any atom is -0.207 e. The van der Waals surface area contributed by atoms with E-state index in [2.05, 4.69) is 22.9 Å². The maximum Gasteiger partial charge on any atom is 0.244 e. The smallest absolute Gasteiger partial charge is 0.207 e. The molecule has 0 saturated carbocycles. The van der Waals surface area contributed by atoms with E-state index >= 15 is 0 Å². The molecule has 2 rings (SSSR count). The van der Waals surface area contributed by atoms with Crippen LogP contribution in [0.3, 0.4) is 0 Å². The van der Waals surface area contributed by atoms with Crippen LogP contribution < -0.4 is 0 Å². The summed E-state index contributed by atoms with van der Waals surface area (Å²) in [6.07, 6.45) is 0.977. The van der Waals surface area contributed by atoms with E-state index in [0.717, 1.165) is 16.6 Å². The molecule has 19 heavy (non-hydrogen) atoms. The average molecular weight is 385 g/mol. The summed E-state index contributed by atoms with van der Waals surface area (Å²) in [6.45, 7) is 3.20. The normalized spacial score (nSPS) is 21.5. The van der Waals surface area contributed by atoms with Crippen LogP contribution in [0.1, 0.15) is 13.3 Å². The third kappa shape index (κ3) is 3.47. The van der Waals surface area contributed by atoms with Crippen LogP contribution in [0.15, 0.2) is 27.6 Å². The van der Waals surface area contributed by atoms with Crippen LogP contribution >= 0.6 is 39.3 Å². The molecule has 1 aliphatic heterocycles. The number of sulfonamides is 1. The van der Waals surface area contributed by atoms with Gasteiger partial charge in [0.2, 0.25) is 10.0 Å². The highest BCUT2D eigenvalue weighted by molar-refractivity contribution is 9.10. The van der Waals surface area contributed by atoms with Crippen molar-refractivity contribution < 1.29 is 8.42 Å². The van der Waals surface area contributed by atoms with Crippen molar-refractivity contribution in [3.63, 3.8) is 0 Å². The molecule has 1 fully saturated rings. The van der Waals surface area contributed by atoms with Crippen molar-refractivity contribution in [2.45, 2.75) is 23.5 Å². The molecule has 1 saturated heterocycles. The van der Waals surface area contributed by atoms with E-state index in [0.29, 0.717) is 18.3 Å². The van der Waals surface area contributed by atoms with Gasteiger partial charge in [0.25, 0.3) is 0 Å². The largest absolute Gasteiger partial charge is 0.244 e. The molecular formula is C12H15BrClNO2S2. The molecule has 1 atom stereocenters. The van der Waals surface area contributed by atoms with Gasteiger partial charge in [0.15, 0.2) is 0 Å². The van der Waals surface area contributed by atoms with E-state index in [1.807, 2.05) is 11.8 Å². The fraction of sp³-hybridized carbons (Fsp3) is 0.500. The van der Waals surface area contributed by atoms with Gasteiger partial charge in [0, 0.05) is 28.6 Å². The van der Waals surface area contributed by atoms with Crippen molar-refractivity contribution in [3.05, 3.63) is 27.7 Å². The average Bonchev–Trinajstić information content (AvgIpc) is 2.38. The van der Waals surface area contributed by atoms with Crippen LogP contribution in [-0.2, 0) is 10.0 Å². The molecule has 3 nitrogen and oxygen atoms in total. The molecule has 1 unspecified atom stereocenters. The van der Waals surface area contributed by atoms with Crippen LogP contribution in [0.5, 0.6) is 0 Å². The van der Waals surface area contributed by atoms with E-state index in [-0.39, 0.29) is 9.92 Å². The van der Waals surface area contributed by atoms with E-state index in [4.69, 9.17) is 11.6 Å². The summed E-state index contributed by atoms with van der Waals surface area (Å²) in [5, 5.41) is 0.637. The van der Waals surface area contributed by atoms with Crippen LogP contribution in [0.4, 0.5) is 0 Å². The first-order chi connectivity index (χ1) is 8.95. The molecule has 0 N–H and O–H groups in total. The molecule has 0 aromatic heterocycles. The number of nitrogens with zero attached hydrogens (tertiary/aromatic N) is 1. The highest BCUT2D eigenvalue weighted by Gasteiger charge is 2.31. The maximum absolute atomic E-state index is 12.6. The molecule has 1 aliphatic rings. The van der Waals surface area contributed by atoms with Crippen molar-refractivity contribution in [2.75, 3.05) is 18.8 Å². The predicted molar refractivity (Wildman–Crippen MR) is 84.4 cm³/mol. The van der Waals surface area contributed by atoms with Gasteiger partial charge < -0.3 is 0 Å². The number of hydrogen-bond acceptors (Lipinski definition) is 3. The third-order valence-corrected chi connectivity index (χ3v) is 7.28. The van der Waals surface area contributed by atoms with Crippen LogP contribution in [-0.4, -0.2) is 36.8 Å². The monoisotopic (exact) mass is 383 g/mol. The second-order valence-corrected chi connectivity index (χ2v) is 8.98. The Kier molecular flexibility index (Phi) is 5.22. The summed E-state index contributed by atoms with van der Waals surface area (Å²) in [4.78, 5) is 0.194. The van der Waals surface area contributed by atoms with Crippen molar-refractivity contribution in [1.29, 1.82) is 0 Å². The van der Waals surface area contributed by atoms with Gasteiger partial charge in [-0.25, -0.2) is 8.42 Å². The van der Waals surface area contributed by atoms with Gasteiger partial charge >= 0.3 is 0 Å². The first kappa shape index (κ1) is 15.6. The first-order valence-corrected chi connectivity index (χ1v) is 9.68. The first-order valence-electron chi connectivity index (χ1n) is 6.02. The van der Waals surface area contributed by atoms with Gasteiger partial charge in [-0.1, -0.05) is 34.5 Å². The second kappa shape index (κ2) is 6.35. The van der Waals surface area contributed by atoms with Crippen LogP contribution in [0, 0.1) is 0 Å². The SMILES string of the molecule is CCC1CN(S(=O)(=O)c2ccc(Br)cc2Cl)CCS1. The lowest BCUT2D eigenvalue weighted by Crippen LogP contribution is -2.41. The van der Waals surface area contributed by atoms with Crippen molar-refractivity contribution in [1.82, 2.24) is 4.31 Å². The van der Waals surface area contributed by atoms with Crippen molar-refractivity contribution in [2.24, 2.45) is 0 Å². The Hall–Kier alpha value is 0.250. The standard InChI is InChI=1S/C12H15BrClNO2S2/c1-2-10-8-15(5-6-18-10)19(16,17)12-4-3-9(13)7-11(12)14/h3-4,7,10H,2,5-6,8H2,1H3. The van der Waals surface area contributed by atoms with E-state index in [9.17, 15) is 8.42 Å². The van der Waals surface area contributed by atoms with E-state index in [1.165, 1.54) is 0 Å². The van der Waals surface area contributed by atoms with Gasteiger partial charge in [-0.3, -0.25) is 0 Å². The molecule has 0 radical (unpaired) electrons. The number of halogens is 2. The molecule has 106 valence electrons. The van der Waals surface area contributed by atoms with Gasteiger partial charge in [-0.2, -0.15) is 16.1 Å². The topological polar surface area (TPSA) is 37.4 Å². The number of thioether (sulfide) groups is 1. The summed E-state index contributed by atoms with van der Waals surface area (Å²) in [5.41, 5.74) is 0. The molecule has 0 bridgehead atoms. The van der Waals surface area contributed by atoms with Crippen molar-refractivity contribution in [3.8, 4) is 0 Å². The van der Waals surface area contributed by atoms with Gasteiger partial charge in [0.05, 0.1) is 5.02 Å². The van der Waals surface area contributed by atoms with Crippen LogP contribution in [0.25, 0.3) is 0 Å². The molecule has 0 aliphatic carbocycles. The quantitative estimate of drug-likeness (QED) is 0.799. The maximum atomic E-state index is 12.6. The summed E-state index contributed by atoms with van der Waals surface area (Å²) < 4.78 is 27.5. The highest BCUT2D eigenvalue weighted by Crippen LogP contribution is 2.31. The van der Waals surface area contributed by atoms with Crippen molar-refractivity contribution >= 4 is 49.3 Å². The summed E-state index contributed by atoms with van der Waals surface area (Å²) in [5.74, 6) is 0.839. The minimum absolute atomic E-state index is 0.194. The zero-order chi connectivity index (χ0) is 14.0. The fourth-order valence-electron chi connectivity index (χ4n) is 1.98. The lowest BCUT2D eigenvalue weighted by atomic mass is 10.3. The minimum atomic E-state index is -3.49. The predicted octanol–water partition coefficient (Wildman–Crippen LogP) is 3.62. The summed E-state index contributed by atoms with van der Waals surface area (Å²) >= 11 is 11.2. The molecule has 7 heteroatoms. The Morgan fingerprint density at radius 2 is 2.26 bits per heavy atom. The molecule has 1 aromatic carbocycles. The lowest BCUT2D eigenvalue weighted by Gasteiger charge is -2.31. The van der Waals surface area contributed by atoms with Gasteiger partial charge in [-0.05, 0) is 24.6 Å². The number of hydrogen-bond donors (Lipinski definition) is 0.